The van der Waals surface area contributed by atoms with Crippen molar-refractivity contribution in [2.24, 2.45) is 0 Å². The molecule has 2 N–H and O–H groups in total. The summed E-state index contributed by atoms with van der Waals surface area (Å²) in [5.74, 6) is 0.573. The number of thiophene rings is 1. The summed E-state index contributed by atoms with van der Waals surface area (Å²) in [5, 5.41) is 8.91. The summed E-state index contributed by atoms with van der Waals surface area (Å²) in [6, 6.07) is 3.17. The zero-order valence-electron chi connectivity index (χ0n) is 16.4. The maximum absolute atomic E-state index is 13.6. The SMILES string of the molecule is C=C(/C=c1/c(-c2nc3c(-c4ccc(F)s4)cncc3[nH]2)n[nH]/c1=C/C)c1cnccn1. The molecular formula is C22H16FN7S. The number of rotatable bonds is 4. The molecule has 9 heteroatoms. The smallest absolute Gasteiger partial charge is 0.176 e. The van der Waals surface area contributed by atoms with Crippen molar-refractivity contribution in [3.05, 3.63) is 71.1 Å². The quantitative estimate of drug-likeness (QED) is 0.457. The molecule has 0 aliphatic carbocycles. The fraction of sp³-hybridized carbons (Fsp3) is 0.0455. The lowest BCUT2D eigenvalue weighted by molar-refractivity contribution is 0.657. The molecule has 5 heterocycles. The predicted molar refractivity (Wildman–Crippen MR) is 120 cm³/mol. The van der Waals surface area contributed by atoms with Crippen LogP contribution in [0.25, 0.3) is 50.7 Å². The van der Waals surface area contributed by atoms with Crippen molar-refractivity contribution < 1.29 is 4.39 Å². The molecule has 0 amide bonds. The van der Waals surface area contributed by atoms with Crippen LogP contribution in [0.5, 0.6) is 0 Å². The number of nitrogens with zero attached hydrogens (tertiary/aromatic N) is 5. The van der Waals surface area contributed by atoms with Gasteiger partial charge in [0, 0.05) is 34.2 Å². The van der Waals surface area contributed by atoms with Gasteiger partial charge in [-0.25, -0.2) is 4.98 Å². The summed E-state index contributed by atoms with van der Waals surface area (Å²) in [4.78, 5) is 21.5. The summed E-state index contributed by atoms with van der Waals surface area (Å²) in [7, 11) is 0. The molecule has 0 aliphatic heterocycles. The van der Waals surface area contributed by atoms with Gasteiger partial charge in [0.1, 0.15) is 11.2 Å². The summed E-state index contributed by atoms with van der Waals surface area (Å²) in [6.07, 6.45) is 12.1. The van der Waals surface area contributed by atoms with Crippen LogP contribution in [0, 0.1) is 5.13 Å². The molecule has 0 fully saturated rings. The molecule has 0 atom stereocenters. The molecule has 0 spiro atoms. The van der Waals surface area contributed by atoms with Crippen molar-refractivity contribution in [3.8, 4) is 22.0 Å². The van der Waals surface area contributed by atoms with Crippen molar-refractivity contribution in [3.63, 3.8) is 0 Å². The highest BCUT2D eigenvalue weighted by Crippen LogP contribution is 2.32. The van der Waals surface area contributed by atoms with Gasteiger partial charge in [-0.2, -0.15) is 9.49 Å². The first-order valence-corrected chi connectivity index (χ1v) is 10.2. The molecule has 5 aromatic heterocycles. The molecule has 0 unspecified atom stereocenters. The molecule has 0 saturated heterocycles. The Morgan fingerprint density at radius 3 is 2.81 bits per heavy atom. The van der Waals surface area contributed by atoms with Crippen LogP contribution in [-0.4, -0.2) is 35.1 Å². The summed E-state index contributed by atoms with van der Waals surface area (Å²) < 4.78 is 13.6. The Balaban J connectivity index is 1.68. The average molecular weight is 429 g/mol. The van der Waals surface area contributed by atoms with Gasteiger partial charge in [0.15, 0.2) is 11.0 Å². The van der Waals surface area contributed by atoms with Gasteiger partial charge in [-0.1, -0.05) is 12.7 Å². The summed E-state index contributed by atoms with van der Waals surface area (Å²) in [5.41, 5.74) is 4.22. The highest BCUT2D eigenvalue weighted by atomic mass is 32.1. The summed E-state index contributed by atoms with van der Waals surface area (Å²) >= 11 is 1.06. The van der Waals surface area contributed by atoms with Gasteiger partial charge in [0.05, 0.1) is 29.0 Å². The fourth-order valence-corrected chi connectivity index (χ4v) is 4.05. The van der Waals surface area contributed by atoms with E-state index in [9.17, 15) is 4.39 Å². The van der Waals surface area contributed by atoms with E-state index in [2.05, 4.69) is 36.7 Å². The molecule has 0 radical (unpaired) electrons. The number of H-pyrrole nitrogens is 2. The number of fused-ring (bicyclic) bond motifs is 1. The van der Waals surface area contributed by atoms with E-state index in [-0.39, 0.29) is 5.13 Å². The van der Waals surface area contributed by atoms with Gasteiger partial charge >= 0.3 is 0 Å². The molecule has 0 bridgehead atoms. The zero-order valence-corrected chi connectivity index (χ0v) is 17.2. The molecule has 0 aromatic carbocycles. The number of hydrogen-bond acceptors (Lipinski definition) is 6. The maximum atomic E-state index is 13.6. The lowest BCUT2D eigenvalue weighted by atomic mass is 10.1. The third-order valence-electron chi connectivity index (χ3n) is 4.79. The van der Waals surface area contributed by atoms with Crippen LogP contribution in [0.15, 0.2) is 49.7 Å². The van der Waals surface area contributed by atoms with E-state index in [0.717, 1.165) is 37.9 Å². The van der Waals surface area contributed by atoms with Gasteiger partial charge in [-0.05, 0) is 30.7 Å². The Morgan fingerprint density at radius 1 is 1.16 bits per heavy atom. The Hall–Kier alpha value is -3.98. The first-order valence-electron chi connectivity index (χ1n) is 9.41. The third-order valence-corrected chi connectivity index (χ3v) is 5.70. The van der Waals surface area contributed by atoms with Crippen LogP contribution in [-0.2, 0) is 0 Å². The lowest BCUT2D eigenvalue weighted by Gasteiger charge is -1.97. The largest absolute Gasteiger partial charge is 0.335 e. The third kappa shape index (κ3) is 3.44. The van der Waals surface area contributed by atoms with Gasteiger partial charge in [0.2, 0.25) is 0 Å². The molecule has 152 valence electrons. The minimum atomic E-state index is -0.252. The van der Waals surface area contributed by atoms with Gasteiger partial charge < -0.3 is 4.98 Å². The molecule has 31 heavy (non-hydrogen) atoms. The second kappa shape index (κ2) is 7.69. The van der Waals surface area contributed by atoms with Crippen LogP contribution in [0.1, 0.15) is 12.6 Å². The van der Waals surface area contributed by atoms with Crippen molar-refractivity contribution >= 4 is 40.1 Å². The number of hydrogen-bond donors (Lipinski definition) is 2. The maximum Gasteiger partial charge on any atom is 0.176 e. The van der Waals surface area contributed by atoms with Gasteiger partial charge in [-0.3, -0.25) is 20.1 Å². The Morgan fingerprint density at radius 2 is 2.06 bits per heavy atom. The molecule has 0 aliphatic rings. The van der Waals surface area contributed by atoms with E-state index in [0.29, 0.717) is 28.3 Å². The first-order chi connectivity index (χ1) is 15.1. The molecular weight excluding hydrogens is 413 g/mol. The standard InChI is InChI=1S/C22H16FN7S/c1-3-15-13(8-12(2)16-10-24-6-7-26-16)21(30-29-15)22-27-17-11-25-9-14(20(17)28-22)18-4-5-19(23)31-18/h3-11,29H,2H2,1H3,(H,27,28)/b13-8+,15-3+. The van der Waals surface area contributed by atoms with E-state index in [1.165, 1.54) is 6.07 Å². The van der Waals surface area contributed by atoms with Crippen LogP contribution < -0.4 is 10.6 Å². The number of aromatic nitrogens is 7. The van der Waals surface area contributed by atoms with E-state index in [1.54, 1.807) is 37.1 Å². The number of halogens is 1. The fourth-order valence-electron chi connectivity index (χ4n) is 3.31. The number of allylic oxidation sites excluding steroid dienone is 1. The second-order valence-corrected chi connectivity index (χ2v) is 7.75. The highest BCUT2D eigenvalue weighted by Gasteiger charge is 2.15. The van der Waals surface area contributed by atoms with Gasteiger partial charge in [0.25, 0.3) is 0 Å². The van der Waals surface area contributed by atoms with E-state index in [1.807, 2.05) is 19.1 Å². The zero-order chi connectivity index (χ0) is 21.4. The van der Waals surface area contributed by atoms with Crippen LogP contribution in [0.4, 0.5) is 4.39 Å². The highest BCUT2D eigenvalue weighted by molar-refractivity contribution is 7.14. The van der Waals surface area contributed by atoms with Crippen LogP contribution in [0.3, 0.4) is 0 Å². The Kier molecular flexibility index (Phi) is 4.72. The molecule has 0 saturated carbocycles. The van der Waals surface area contributed by atoms with Crippen LogP contribution >= 0.6 is 11.3 Å². The minimum absolute atomic E-state index is 0.252. The number of imidazole rings is 1. The Bertz CT molecular complexity index is 1530. The van der Waals surface area contributed by atoms with Crippen LogP contribution in [0.2, 0.25) is 0 Å². The van der Waals surface area contributed by atoms with Crippen molar-refractivity contribution in [1.82, 2.24) is 35.1 Å². The van der Waals surface area contributed by atoms with Crippen molar-refractivity contribution in [1.29, 1.82) is 0 Å². The topological polar surface area (TPSA) is 96.0 Å². The van der Waals surface area contributed by atoms with Crippen molar-refractivity contribution in [2.45, 2.75) is 6.92 Å². The lowest BCUT2D eigenvalue weighted by Crippen LogP contribution is -2.23. The second-order valence-electron chi connectivity index (χ2n) is 6.72. The predicted octanol–water partition coefficient (Wildman–Crippen LogP) is 3.30. The molecule has 7 nitrogen and oxygen atoms in total. The molecule has 5 aromatic rings. The minimum Gasteiger partial charge on any atom is -0.335 e. The normalized spacial score (nSPS) is 12.7. The van der Waals surface area contributed by atoms with E-state index >= 15 is 0 Å². The number of nitrogens with one attached hydrogen (secondary N) is 2. The summed E-state index contributed by atoms with van der Waals surface area (Å²) in [6.45, 7) is 6.04. The van der Waals surface area contributed by atoms with E-state index < -0.39 is 0 Å². The van der Waals surface area contributed by atoms with Crippen molar-refractivity contribution in [2.75, 3.05) is 0 Å². The number of pyridine rings is 1. The van der Waals surface area contributed by atoms with E-state index in [4.69, 9.17) is 4.98 Å². The first kappa shape index (κ1) is 19.0. The Labute approximate surface area is 179 Å². The monoisotopic (exact) mass is 429 g/mol. The molecule has 5 rings (SSSR count). The van der Waals surface area contributed by atoms with Gasteiger partial charge in [-0.15, -0.1) is 11.3 Å². The average Bonchev–Trinajstić information content (AvgIpc) is 3.51. The number of aromatic amines is 2.